The molecule has 0 atom stereocenters. The highest BCUT2D eigenvalue weighted by atomic mass is 16.1. The van der Waals surface area contributed by atoms with Gasteiger partial charge in [-0.2, -0.15) is 4.80 Å². The Morgan fingerprint density at radius 2 is 2.19 bits per heavy atom. The van der Waals surface area contributed by atoms with Gasteiger partial charge in [-0.1, -0.05) is 30.4 Å². The minimum atomic E-state index is -0.0470. The second-order valence-corrected chi connectivity index (χ2v) is 3.04. The lowest BCUT2D eigenvalue weighted by atomic mass is 10.1. The topological polar surface area (TPSA) is 60.7 Å². The van der Waals surface area contributed by atoms with Crippen LogP contribution in [0.2, 0.25) is 0 Å². The molecule has 84 valence electrons. The van der Waals surface area contributed by atoms with E-state index < -0.39 is 0 Å². The van der Waals surface area contributed by atoms with E-state index in [0.29, 0.717) is 5.57 Å². The molecule has 1 aromatic heterocycles. The molecule has 0 fully saturated rings. The van der Waals surface area contributed by atoms with Crippen LogP contribution in [0.5, 0.6) is 0 Å². The molecule has 1 heterocycles. The molecule has 0 aliphatic heterocycles. The number of hydrogen-bond donors (Lipinski definition) is 0. The minimum absolute atomic E-state index is 0.0470. The maximum atomic E-state index is 11.8. The Hall–Kier alpha value is -2.04. The van der Waals surface area contributed by atoms with Crippen molar-refractivity contribution in [2.75, 3.05) is 0 Å². The predicted molar refractivity (Wildman–Crippen MR) is 60.5 cm³/mol. The molecule has 0 amide bonds. The molecule has 0 saturated heterocycles. The molecule has 0 bridgehead atoms. The molecule has 0 aliphatic carbocycles. The highest BCUT2D eigenvalue weighted by Crippen LogP contribution is 2.01. The van der Waals surface area contributed by atoms with Crippen LogP contribution in [0.4, 0.5) is 0 Å². The maximum Gasteiger partial charge on any atom is 0.186 e. The molecular formula is C11H14N4O. The van der Waals surface area contributed by atoms with Crippen molar-refractivity contribution in [3.63, 3.8) is 0 Å². The first-order valence-corrected chi connectivity index (χ1v) is 4.97. The summed E-state index contributed by atoms with van der Waals surface area (Å²) in [7, 11) is 0. The van der Waals surface area contributed by atoms with E-state index in [1.54, 1.807) is 12.2 Å². The highest BCUT2D eigenvalue weighted by Gasteiger charge is 2.07. The summed E-state index contributed by atoms with van der Waals surface area (Å²) in [5.41, 5.74) is 0.623. The van der Waals surface area contributed by atoms with E-state index >= 15 is 0 Å². The predicted octanol–water partition coefficient (Wildman–Crippen LogP) is 1.32. The summed E-state index contributed by atoms with van der Waals surface area (Å²) in [5, 5.41) is 11.0. The molecular weight excluding hydrogens is 204 g/mol. The zero-order chi connectivity index (χ0) is 11.8. The molecule has 0 spiro atoms. The Labute approximate surface area is 94.2 Å². The van der Waals surface area contributed by atoms with Crippen LogP contribution in [0.15, 0.2) is 42.3 Å². The SMILES string of the molecule is C\C=C/C=C(\C=C/C)C(=O)Cn1ncnn1. The highest BCUT2D eigenvalue weighted by molar-refractivity contribution is 5.97. The first-order chi connectivity index (χ1) is 7.77. The largest absolute Gasteiger partial charge is 0.292 e. The van der Waals surface area contributed by atoms with Gasteiger partial charge in [0.05, 0.1) is 0 Å². The molecule has 5 nitrogen and oxygen atoms in total. The summed E-state index contributed by atoms with van der Waals surface area (Å²) >= 11 is 0. The van der Waals surface area contributed by atoms with E-state index in [2.05, 4.69) is 15.4 Å². The Kier molecular flexibility index (Phi) is 4.85. The molecule has 0 aliphatic rings. The van der Waals surface area contributed by atoms with Gasteiger partial charge in [0.1, 0.15) is 6.54 Å². The van der Waals surface area contributed by atoms with Crippen LogP contribution in [0.25, 0.3) is 0 Å². The van der Waals surface area contributed by atoms with E-state index in [1.807, 2.05) is 32.1 Å². The Morgan fingerprint density at radius 1 is 1.38 bits per heavy atom. The normalized spacial score (nSPS) is 12.8. The second-order valence-electron chi connectivity index (χ2n) is 3.04. The van der Waals surface area contributed by atoms with Crippen LogP contribution in [-0.2, 0) is 11.3 Å². The van der Waals surface area contributed by atoms with Gasteiger partial charge in [0.2, 0.25) is 0 Å². The lowest BCUT2D eigenvalue weighted by Gasteiger charge is -1.99. The number of rotatable bonds is 5. The number of ketones is 1. The van der Waals surface area contributed by atoms with E-state index in [9.17, 15) is 4.79 Å². The molecule has 1 rings (SSSR count). The summed E-state index contributed by atoms with van der Waals surface area (Å²) in [5.74, 6) is -0.0470. The maximum absolute atomic E-state index is 11.8. The lowest BCUT2D eigenvalue weighted by molar-refractivity contribution is -0.116. The van der Waals surface area contributed by atoms with E-state index in [0.717, 1.165) is 0 Å². The number of Topliss-reactive ketones (excluding diaryl/α,β-unsaturated/α-hetero) is 1. The summed E-state index contributed by atoms with van der Waals surface area (Å²) in [4.78, 5) is 13.1. The number of nitrogens with zero attached hydrogens (tertiary/aromatic N) is 4. The summed E-state index contributed by atoms with van der Waals surface area (Å²) in [6.07, 6.45) is 10.3. The molecule has 0 N–H and O–H groups in total. The van der Waals surface area contributed by atoms with E-state index in [4.69, 9.17) is 0 Å². The van der Waals surface area contributed by atoms with Gasteiger partial charge in [0.15, 0.2) is 12.1 Å². The third-order valence-corrected chi connectivity index (χ3v) is 1.81. The zero-order valence-corrected chi connectivity index (χ0v) is 9.37. The van der Waals surface area contributed by atoms with Crippen LogP contribution in [0.1, 0.15) is 13.8 Å². The van der Waals surface area contributed by atoms with Gasteiger partial charge >= 0.3 is 0 Å². The number of carbonyl (C=O) groups excluding carboxylic acids is 1. The Morgan fingerprint density at radius 3 is 2.75 bits per heavy atom. The number of allylic oxidation sites excluding steroid dienone is 6. The van der Waals surface area contributed by atoms with Crippen molar-refractivity contribution >= 4 is 5.78 Å². The van der Waals surface area contributed by atoms with Gasteiger partial charge in [-0.05, 0) is 19.1 Å². The average molecular weight is 218 g/mol. The van der Waals surface area contributed by atoms with Crippen LogP contribution in [0.3, 0.4) is 0 Å². The zero-order valence-electron chi connectivity index (χ0n) is 9.37. The van der Waals surface area contributed by atoms with Crippen LogP contribution in [0, 0.1) is 0 Å². The molecule has 0 aromatic carbocycles. The van der Waals surface area contributed by atoms with Gasteiger partial charge in [-0.3, -0.25) is 4.79 Å². The monoisotopic (exact) mass is 218 g/mol. The molecule has 1 aromatic rings. The fraction of sp³-hybridized carbons (Fsp3) is 0.273. The number of tetrazole rings is 1. The van der Waals surface area contributed by atoms with Gasteiger partial charge in [0, 0.05) is 5.57 Å². The van der Waals surface area contributed by atoms with Gasteiger partial charge in [-0.15, -0.1) is 10.2 Å². The quantitative estimate of drug-likeness (QED) is 0.552. The summed E-state index contributed by atoms with van der Waals surface area (Å²) in [6.45, 7) is 3.87. The van der Waals surface area contributed by atoms with Gasteiger partial charge in [-0.25, -0.2) is 0 Å². The van der Waals surface area contributed by atoms with Crippen molar-refractivity contribution in [2.45, 2.75) is 20.4 Å². The Bertz CT molecular complexity index is 415. The number of carbonyl (C=O) groups is 1. The standard InChI is InChI=1S/C11H14N4O/c1-3-5-7-10(6-4-2)11(16)8-15-13-9-12-14-15/h3-7,9H,8H2,1-2H3/b5-3-,6-4-,10-7+. The van der Waals surface area contributed by atoms with Crippen molar-refractivity contribution in [1.82, 2.24) is 20.2 Å². The minimum Gasteiger partial charge on any atom is -0.292 e. The average Bonchev–Trinajstić information content (AvgIpc) is 2.76. The fourth-order valence-electron chi connectivity index (χ4n) is 1.10. The molecule has 16 heavy (non-hydrogen) atoms. The van der Waals surface area contributed by atoms with Crippen molar-refractivity contribution in [1.29, 1.82) is 0 Å². The number of aromatic nitrogens is 4. The Balaban J connectivity index is 2.75. The summed E-state index contributed by atoms with van der Waals surface area (Å²) < 4.78 is 0. The third-order valence-electron chi connectivity index (χ3n) is 1.81. The fourth-order valence-corrected chi connectivity index (χ4v) is 1.10. The van der Waals surface area contributed by atoms with Crippen molar-refractivity contribution in [2.24, 2.45) is 0 Å². The summed E-state index contributed by atoms with van der Waals surface area (Å²) in [6, 6.07) is 0. The van der Waals surface area contributed by atoms with E-state index in [-0.39, 0.29) is 12.3 Å². The van der Waals surface area contributed by atoms with Crippen LogP contribution >= 0.6 is 0 Å². The van der Waals surface area contributed by atoms with Crippen LogP contribution < -0.4 is 0 Å². The number of hydrogen-bond acceptors (Lipinski definition) is 4. The molecule has 0 saturated carbocycles. The lowest BCUT2D eigenvalue weighted by Crippen LogP contribution is -2.14. The third kappa shape index (κ3) is 3.61. The van der Waals surface area contributed by atoms with Crippen molar-refractivity contribution in [3.8, 4) is 0 Å². The van der Waals surface area contributed by atoms with Crippen molar-refractivity contribution < 1.29 is 4.79 Å². The second kappa shape index (κ2) is 6.44. The van der Waals surface area contributed by atoms with Crippen LogP contribution in [-0.4, -0.2) is 26.0 Å². The van der Waals surface area contributed by atoms with Gasteiger partial charge < -0.3 is 0 Å². The first kappa shape index (κ1) is 12.0. The first-order valence-electron chi connectivity index (χ1n) is 4.97. The van der Waals surface area contributed by atoms with Crippen molar-refractivity contribution in [3.05, 3.63) is 42.3 Å². The van der Waals surface area contributed by atoms with Gasteiger partial charge in [0.25, 0.3) is 0 Å². The molecule has 0 radical (unpaired) electrons. The smallest absolute Gasteiger partial charge is 0.186 e. The molecule has 0 unspecified atom stereocenters. The van der Waals surface area contributed by atoms with E-state index in [1.165, 1.54) is 11.1 Å². The molecule has 5 heteroatoms.